The molecule has 0 radical (unpaired) electrons. The summed E-state index contributed by atoms with van der Waals surface area (Å²) in [6, 6.07) is 0. The van der Waals surface area contributed by atoms with Gasteiger partial charge in [-0.25, -0.2) is 4.79 Å². The lowest BCUT2D eigenvalue weighted by molar-refractivity contribution is -0.351. The fourth-order valence-electron chi connectivity index (χ4n) is 1.28. The fourth-order valence-corrected chi connectivity index (χ4v) is 2.35. The third kappa shape index (κ3) is 4.11. The van der Waals surface area contributed by atoms with E-state index in [1.807, 2.05) is 0 Å². The Bertz CT molecular complexity index is 341. The molecule has 0 fully saturated rings. The van der Waals surface area contributed by atoms with Crippen molar-refractivity contribution >= 4 is 15.0 Å². The number of hydrogen-bond donors (Lipinski definition) is 0. The third-order valence-electron chi connectivity index (χ3n) is 1.90. The molecule has 0 saturated carbocycles. The van der Waals surface area contributed by atoms with Crippen LogP contribution in [0.25, 0.3) is 0 Å². The Morgan fingerprint density at radius 2 is 1.25 bits per heavy atom. The Labute approximate surface area is 114 Å². The van der Waals surface area contributed by atoms with E-state index in [2.05, 4.69) is 9.16 Å². The topological polar surface area (TPSA) is 35.5 Å². The van der Waals surface area contributed by atoms with Gasteiger partial charge in [-0.05, 0) is 33.9 Å². The Morgan fingerprint density at radius 1 is 0.900 bits per heavy atom. The van der Waals surface area contributed by atoms with Gasteiger partial charge in [0.2, 0.25) is 0 Å². The molecule has 0 saturated heterocycles. The van der Waals surface area contributed by atoms with Crippen LogP contribution < -0.4 is 0 Å². The highest BCUT2D eigenvalue weighted by atomic mass is 28.3. The molecule has 10 heteroatoms. The summed E-state index contributed by atoms with van der Waals surface area (Å²) in [5, 5.41) is 0. The molecule has 0 aliphatic heterocycles. The minimum absolute atomic E-state index is 1.09. The van der Waals surface area contributed by atoms with Crippen LogP contribution in [0.4, 0.5) is 26.3 Å². The lowest BCUT2D eigenvalue weighted by atomic mass is 10.0. The Morgan fingerprint density at radius 3 is 1.45 bits per heavy atom. The molecular weight excluding hydrogens is 310 g/mol. The predicted molar refractivity (Wildman–Crippen MR) is 60.6 cm³/mol. The van der Waals surface area contributed by atoms with Crippen molar-refractivity contribution in [1.29, 1.82) is 0 Å². The SMILES string of the molecule is C[SiH](C)OC(C(=O)OC(C)(C)C)(C(F)(F)F)C(F)(F)F. The molecule has 0 spiro atoms. The first-order valence-electron chi connectivity index (χ1n) is 5.59. The second-order valence-electron chi connectivity index (χ2n) is 5.35. The summed E-state index contributed by atoms with van der Waals surface area (Å²) in [5.74, 6) is -2.49. The maximum absolute atomic E-state index is 12.9. The highest BCUT2D eigenvalue weighted by Gasteiger charge is 2.78. The number of esters is 1. The van der Waals surface area contributed by atoms with Crippen LogP contribution in [0.1, 0.15) is 20.8 Å². The summed E-state index contributed by atoms with van der Waals surface area (Å²) in [4.78, 5) is 11.5. The average Bonchev–Trinajstić information content (AvgIpc) is 2.05. The van der Waals surface area contributed by atoms with E-state index in [4.69, 9.17) is 0 Å². The quantitative estimate of drug-likeness (QED) is 0.454. The minimum atomic E-state index is -5.97. The fraction of sp³-hybridized carbons (Fsp3) is 0.900. The van der Waals surface area contributed by atoms with E-state index in [0.717, 1.165) is 33.9 Å². The van der Waals surface area contributed by atoms with Gasteiger partial charge in [-0.15, -0.1) is 0 Å². The number of carbonyl (C=O) groups is 1. The molecule has 0 unspecified atom stereocenters. The molecule has 3 nitrogen and oxygen atoms in total. The minimum Gasteiger partial charge on any atom is -0.457 e. The van der Waals surface area contributed by atoms with E-state index in [0.29, 0.717) is 0 Å². The smallest absolute Gasteiger partial charge is 0.436 e. The monoisotopic (exact) mass is 326 g/mol. The van der Waals surface area contributed by atoms with E-state index in [1.54, 1.807) is 0 Å². The van der Waals surface area contributed by atoms with Gasteiger partial charge in [-0.3, -0.25) is 0 Å². The molecule has 0 bridgehead atoms. The molecule has 0 rings (SSSR count). The van der Waals surface area contributed by atoms with Crippen LogP contribution in [0.3, 0.4) is 0 Å². The molecule has 0 aromatic rings. The second kappa shape index (κ2) is 5.55. The number of rotatable bonds is 3. The van der Waals surface area contributed by atoms with E-state index in [-0.39, 0.29) is 0 Å². The average molecular weight is 326 g/mol. The first kappa shape index (κ1) is 19.2. The van der Waals surface area contributed by atoms with Gasteiger partial charge in [-0.1, -0.05) is 0 Å². The van der Waals surface area contributed by atoms with Crippen LogP contribution >= 0.6 is 0 Å². The molecule has 0 aromatic heterocycles. The number of halogens is 6. The van der Waals surface area contributed by atoms with Gasteiger partial charge in [-0.2, -0.15) is 26.3 Å². The summed E-state index contributed by atoms with van der Waals surface area (Å²) in [6.07, 6.45) is -11.9. The zero-order valence-electron chi connectivity index (χ0n) is 11.6. The van der Waals surface area contributed by atoms with Gasteiger partial charge >= 0.3 is 23.9 Å². The molecular formula is C10H16F6O3Si. The van der Waals surface area contributed by atoms with Gasteiger partial charge in [0.25, 0.3) is 0 Å². The normalized spacial score (nSPS) is 14.6. The summed E-state index contributed by atoms with van der Waals surface area (Å²) in [5.41, 5.74) is -6.45. The molecule has 20 heavy (non-hydrogen) atoms. The van der Waals surface area contributed by atoms with Gasteiger partial charge in [0.05, 0.1) is 0 Å². The zero-order chi connectivity index (χ0) is 16.6. The standard InChI is InChI=1S/C10H16F6O3Si/c1-7(2,3)18-6(17)8(9(11,12)13,10(14,15)16)19-20(4)5/h20H,1-5H3. The number of carbonyl (C=O) groups excluding carboxylic acids is 1. The van der Waals surface area contributed by atoms with Crippen molar-refractivity contribution in [2.45, 2.75) is 57.4 Å². The van der Waals surface area contributed by atoms with E-state index >= 15 is 0 Å². The van der Waals surface area contributed by atoms with Crippen LogP contribution in [0, 0.1) is 0 Å². The van der Waals surface area contributed by atoms with Crippen molar-refractivity contribution in [3.63, 3.8) is 0 Å². The van der Waals surface area contributed by atoms with Crippen LogP contribution in [-0.4, -0.2) is 38.6 Å². The van der Waals surface area contributed by atoms with E-state index < -0.39 is 38.6 Å². The Hall–Kier alpha value is -0.773. The highest BCUT2D eigenvalue weighted by molar-refractivity contribution is 6.48. The van der Waals surface area contributed by atoms with Crippen molar-refractivity contribution in [3.05, 3.63) is 0 Å². The molecule has 0 aliphatic carbocycles. The van der Waals surface area contributed by atoms with Crippen molar-refractivity contribution in [2.24, 2.45) is 0 Å². The van der Waals surface area contributed by atoms with Gasteiger partial charge in [0.1, 0.15) is 5.60 Å². The van der Waals surface area contributed by atoms with Crippen molar-refractivity contribution in [3.8, 4) is 0 Å². The molecule has 0 amide bonds. The predicted octanol–water partition coefficient (Wildman–Crippen LogP) is 3.19. The number of ether oxygens (including phenoxy) is 1. The number of alkyl halides is 6. The van der Waals surface area contributed by atoms with Gasteiger partial charge < -0.3 is 9.16 Å². The maximum Gasteiger partial charge on any atom is 0.436 e. The second-order valence-corrected chi connectivity index (χ2v) is 7.68. The van der Waals surface area contributed by atoms with Crippen molar-refractivity contribution in [1.82, 2.24) is 0 Å². The van der Waals surface area contributed by atoms with Crippen LogP contribution in [-0.2, 0) is 14.0 Å². The Kier molecular flexibility index (Phi) is 5.33. The largest absolute Gasteiger partial charge is 0.457 e. The van der Waals surface area contributed by atoms with Crippen LogP contribution in [0.5, 0.6) is 0 Å². The molecule has 120 valence electrons. The third-order valence-corrected chi connectivity index (χ3v) is 2.72. The van der Waals surface area contributed by atoms with Crippen molar-refractivity contribution in [2.75, 3.05) is 0 Å². The number of hydrogen-bond acceptors (Lipinski definition) is 3. The molecule has 0 heterocycles. The van der Waals surface area contributed by atoms with E-state index in [1.165, 1.54) is 0 Å². The van der Waals surface area contributed by atoms with E-state index in [9.17, 15) is 31.1 Å². The lowest BCUT2D eigenvalue weighted by Crippen LogP contribution is -2.66. The van der Waals surface area contributed by atoms with Gasteiger partial charge in [0, 0.05) is 0 Å². The molecule has 0 aromatic carbocycles. The summed E-state index contributed by atoms with van der Waals surface area (Å²) >= 11 is 0. The zero-order valence-corrected chi connectivity index (χ0v) is 12.7. The molecule has 0 N–H and O–H groups in total. The summed E-state index contributed by atoms with van der Waals surface area (Å²) < 4.78 is 86.0. The highest BCUT2D eigenvalue weighted by Crippen LogP contribution is 2.47. The molecule has 0 aliphatic rings. The van der Waals surface area contributed by atoms with Crippen LogP contribution in [0.2, 0.25) is 13.1 Å². The first-order valence-corrected chi connectivity index (χ1v) is 8.37. The van der Waals surface area contributed by atoms with Crippen molar-refractivity contribution < 1.29 is 40.3 Å². The Balaban J connectivity index is 5.96. The first-order chi connectivity index (χ1) is 8.54. The summed E-state index contributed by atoms with van der Waals surface area (Å²) in [6.45, 7) is 5.67. The maximum atomic E-state index is 12.9. The van der Waals surface area contributed by atoms with Gasteiger partial charge in [0.15, 0.2) is 9.04 Å². The van der Waals surface area contributed by atoms with Crippen LogP contribution in [0.15, 0.2) is 0 Å². The lowest BCUT2D eigenvalue weighted by Gasteiger charge is -2.38. The molecule has 0 atom stereocenters. The summed E-state index contributed by atoms with van der Waals surface area (Å²) in [7, 11) is -2.86.